The zero-order chi connectivity index (χ0) is 18.3. The molecule has 130 valence electrons. The molecule has 1 aliphatic heterocycles. The van der Waals surface area contributed by atoms with E-state index in [9.17, 15) is 4.79 Å². The first kappa shape index (κ1) is 17.8. The molecule has 2 aromatic carbocycles. The fourth-order valence-electron chi connectivity index (χ4n) is 3.06. The quantitative estimate of drug-likeness (QED) is 0.749. The highest BCUT2D eigenvalue weighted by Gasteiger charge is 2.26. The maximum absolute atomic E-state index is 12.1. The molecule has 25 heavy (non-hydrogen) atoms. The number of nitrogens with two attached hydrogens (primary N) is 1. The van der Waals surface area contributed by atoms with E-state index >= 15 is 0 Å². The molecule has 0 saturated heterocycles. The van der Waals surface area contributed by atoms with E-state index in [0.717, 1.165) is 22.3 Å². The summed E-state index contributed by atoms with van der Waals surface area (Å²) in [7, 11) is 0. The van der Waals surface area contributed by atoms with Crippen molar-refractivity contribution < 1.29 is 4.79 Å². The van der Waals surface area contributed by atoms with Crippen LogP contribution in [0, 0.1) is 6.92 Å². The van der Waals surface area contributed by atoms with E-state index < -0.39 is 0 Å². The van der Waals surface area contributed by atoms with Crippen molar-refractivity contribution in [3.05, 3.63) is 62.6 Å². The van der Waals surface area contributed by atoms with Crippen LogP contribution in [0.3, 0.4) is 0 Å². The fraction of sp³-hybridized carbons (Fsp3) is 0.263. The molecule has 1 aliphatic rings. The van der Waals surface area contributed by atoms with Crippen molar-refractivity contribution in [2.24, 2.45) is 5.10 Å². The Morgan fingerprint density at radius 3 is 2.56 bits per heavy atom. The molecular weight excluding hydrogens is 357 g/mol. The molecule has 0 aliphatic carbocycles. The largest absolute Gasteiger partial charge is 0.399 e. The van der Waals surface area contributed by atoms with Crippen molar-refractivity contribution in [3.8, 4) is 0 Å². The van der Waals surface area contributed by atoms with Crippen LogP contribution >= 0.6 is 23.2 Å². The number of amides is 1. The number of rotatable bonds is 1. The summed E-state index contributed by atoms with van der Waals surface area (Å²) in [5.41, 5.74) is 11.1. The maximum atomic E-state index is 12.1. The molecule has 2 aromatic rings. The van der Waals surface area contributed by atoms with Gasteiger partial charge in [0.1, 0.15) is 0 Å². The molecule has 2 N–H and O–H groups in total. The van der Waals surface area contributed by atoms with E-state index in [2.05, 4.69) is 5.10 Å². The second kappa shape index (κ2) is 6.70. The minimum absolute atomic E-state index is 0.0825. The smallest absolute Gasteiger partial charge is 0.239 e. The molecule has 0 radical (unpaired) electrons. The van der Waals surface area contributed by atoms with Crippen LogP contribution in [-0.2, 0) is 11.2 Å². The number of aryl methyl sites for hydroxylation is 1. The van der Waals surface area contributed by atoms with E-state index in [4.69, 9.17) is 28.9 Å². The molecule has 3 rings (SSSR count). The number of hydrogen-bond donors (Lipinski definition) is 1. The number of carbonyl (C=O) groups is 1. The Hall–Kier alpha value is -2.04. The summed E-state index contributed by atoms with van der Waals surface area (Å²) >= 11 is 12.5. The highest BCUT2D eigenvalue weighted by Crippen LogP contribution is 2.31. The lowest BCUT2D eigenvalue weighted by Crippen LogP contribution is -2.33. The van der Waals surface area contributed by atoms with Gasteiger partial charge in [0, 0.05) is 23.7 Å². The van der Waals surface area contributed by atoms with Gasteiger partial charge in [-0.05, 0) is 55.7 Å². The van der Waals surface area contributed by atoms with Crippen LogP contribution in [0.15, 0.2) is 35.4 Å². The van der Waals surface area contributed by atoms with Gasteiger partial charge in [0.05, 0.1) is 21.8 Å². The maximum Gasteiger partial charge on any atom is 0.239 e. The predicted octanol–water partition coefficient (Wildman–Crippen LogP) is 4.43. The number of benzene rings is 2. The molecule has 1 atom stereocenters. The van der Waals surface area contributed by atoms with Crippen LogP contribution < -0.4 is 5.73 Å². The average Bonchev–Trinajstić information content (AvgIpc) is 2.67. The Morgan fingerprint density at radius 2 is 1.92 bits per heavy atom. The van der Waals surface area contributed by atoms with Crippen LogP contribution in [0.2, 0.25) is 10.0 Å². The van der Waals surface area contributed by atoms with Gasteiger partial charge in [-0.15, -0.1) is 0 Å². The van der Waals surface area contributed by atoms with E-state index in [1.165, 1.54) is 11.9 Å². The Labute approximate surface area is 157 Å². The van der Waals surface area contributed by atoms with Crippen molar-refractivity contribution >= 4 is 40.5 Å². The summed E-state index contributed by atoms with van der Waals surface area (Å²) in [4.78, 5) is 12.1. The van der Waals surface area contributed by atoms with Crippen molar-refractivity contribution in [1.29, 1.82) is 0 Å². The Kier molecular flexibility index (Phi) is 4.76. The van der Waals surface area contributed by atoms with Gasteiger partial charge < -0.3 is 5.73 Å². The predicted molar refractivity (Wildman–Crippen MR) is 103 cm³/mol. The van der Waals surface area contributed by atoms with Crippen LogP contribution in [0.25, 0.3) is 0 Å². The standard InChI is InChI=1S/C19H19Cl2N3O/c1-10-6-13(4-5-18(10)22)19-15-9-17(21)16(20)8-14(15)7-11(2)24(23-19)12(3)25/h4-6,8-9,11H,7,22H2,1-3H3. The number of carbonyl (C=O) groups excluding carboxylic acids is 1. The summed E-state index contributed by atoms with van der Waals surface area (Å²) in [6.07, 6.45) is 0.646. The Morgan fingerprint density at radius 1 is 1.24 bits per heavy atom. The van der Waals surface area contributed by atoms with Crippen LogP contribution in [0.1, 0.15) is 36.1 Å². The third kappa shape index (κ3) is 3.37. The molecule has 1 amide bonds. The van der Waals surface area contributed by atoms with Gasteiger partial charge in [0.15, 0.2) is 0 Å². The number of hydrazone groups is 1. The number of nitrogens with zero attached hydrogens (tertiary/aromatic N) is 2. The molecule has 0 fully saturated rings. The van der Waals surface area contributed by atoms with E-state index in [0.29, 0.717) is 27.9 Å². The van der Waals surface area contributed by atoms with Gasteiger partial charge in [0.2, 0.25) is 5.91 Å². The highest BCUT2D eigenvalue weighted by molar-refractivity contribution is 6.42. The molecule has 0 spiro atoms. The highest BCUT2D eigenvalue weighted by atomic mass is 35.5. The Balaban J connectivity index is 2.27. The van der Waals surface area contributed by atoms with Gasteiger partial charge >= 0.3 is 0 Å². The number of nitrogen functional groups attached to an aromatic ring is 1. The van der Waals surface area contributed by atoms with Crippen LogP contribution in [0.4, 0.5) is 5.69 Å². The normalized spacial score (nSPS) is 16.9. The summed E-state index contributed by atoms with van der Waals surface area (Å²) in [6.45, 7) is 5.42. The summed E-state index contributed by atoms with van der Waals surface area (Å²) in [5, 5.41) is 7.14. The SMILES string of the molecule is CC(=O)N1N=C(c2ccc(N)c(C)c2)c2cc(Cl)c(Cl)cc2CC1C. The van der Waals surface area contributed by atoms with Crippen LogP contribution in [-0.4, -0.2) is 22.7 Å². The van der Waals surface area contributed by atoms with E-state index in [1.54, 1.807) is 0 Å². The summed E-state index contributed by atoms with van der Waals surface area (Å²) in [5.74, 6) is -0.109. The second-order valence-electron chi connectivity index (χ2n) is 6.36. The third-order valence-electron chi connectivity index (χ3n) is 4.41. The number of hydrogen-bond acceptors (Lipinski definition) is 3. The Bertz CT molecular complexity index is 892. The van der Waals surface area contributed by atoms with E-state index in [1.807, 2.05) is 44.2 Å². The molecule has 1 heterocycles. The van der Waals surface area contributed by atoms with Gasteiger partial charge in [-0.25, -0.2) is 5.01 Å². The first-order chi connectivity index (χ1) is 11.8. The van der Waals surface area contributed by atoms with Crippen molar-refractivity contribution in [2.45, 2.75) is 33.2 Å². The average molecular weight is 376 g/mol. The molecule has 0 saturated carbocycles. The third-order valence-corrected chi connectivity index (χ3v) is 5.13. The first-order valence-corrected chi connectivity index (χ1v) is 8.76. The zero-order valence-electron chi connectivity index (χ0n) is 14.3. The minimum Gasteiger partial charge on any atom is -0.399 e. The van der Waals surface area contributed by atoms with Crippen LogP contribution in [0.5, 0.6) is 0 Å². The molecule has 0 bridgehead atoms. The number of fused-ring (bicyclic) bond motifs is 1. The molecule has 1 unspecified atom stereocenters. The van der Waals surface area contributed by atoms with Gasteiger partial charge in [-0.3, -0.25) is 4.79 Å². The lowest BCUT2D eigenvalue weighted by atomic mass is 9.94. The number of halogens is 2. The molecular formula is C19H19Cl2N3O. The zero-order valence-corrected chi connectivity index (χ0v) is 15.8. The summed E-state index contributed by atoms with van der Waals surface area (Å²) < 4.78 is 0. The lowest BCUT2D eigenvalue weighted by Gasteiger charge is -2.21. The van der Waals surface area contributed by atoms with Crippen molar-refractivity contribution in [1.82, 2.24) is 5.01 Å². The molecule has 6 heteroatoms. The van der Waals surface area contributed by atoms with E-state index in [-0.39, 0.29) is 11.9 Å². The van der Waals surface area contributed by atoms with Crippen molar-refractivity contribution in [3.63, 3.8) is 0 Å². The first-order valence-electron chi connectivity index (χ1n) is 8.01. The lowest BCUT2D eigenvalue weighted by molar-refractivity contribution is -0.130. The van der Waals surface area contributed by atoms with Gasteiger partial charge in [0.25, 0.3) is 0 Å². The van der Waals surface area contributed by atoms with Gasteiger partial charge in [-0.2, -0.15) is 5.10 Å². The second-order valence-corrected chi connectivity index (χ2v) is 7.17. The number of anilines is 1. The monoisotopic (exact) mass is 375 g/mol. The fourth-order valence-corrected chi connectivity index (χ4v) is 3.41. The van der Waals surface area contributed by atoms with Gasteiger partial charge in [-0.1, -0.05) is 29.3 Å². The topological polar surface area (TPSA) is 58.7 Å². The molecule has 0 aromatic heterocycles. The summed E-state index contributed by atoms with van der Waals surface area (Å²) in [6, 6.07) is 9.31. The minimum atomic E-state index is -0.109. The van der Waals surface area contributed by atoms with Crippen molar-refractivity contribution in [2.75, 3.05) is 5.73 Å². The molecule has 4 nitrogen and oxygen atoms in total.